The van der Waals surface area contributed by atoms with Gasteiger partial charge in [-0.25, -0.2) is 4.68 Å². The van der Waals surface area contributed by atoms with Crippen molar-refractivity contribution in [1.29, 1.82) is 0 Å². The first-order valence-corrected chi connectivity index (χ1v) is 9.24. The van der Waals surface area contributed by atoms with Gasteiger partial charge in [-0.15, -0.1) is 11.3 Å². The molecule has 2 aromatic heterocycles. The van der Waals surface area contributed by atoms with Gasteiger partial charge in [-0.05, 0) is 42.6 Å². The Bertz CT molecular complexity index is 1060. The highest BCUT2D eigenvalue weighted by Gasteiger charge is 2.31. The molecular weight excluding hydrogens is 415 g/mol. The third-order valence-electron chi connectivity index (χ3n) is 3.90. The summed E-state index contributed by atoms with van der Waals surface area (Å²) in [6.07, 6.45) is -4.58. The Balaban J connectivity index is 1.88. The van der Waals surface area contributed by atoms with Crippen LogP contribution in [0.2, 0.25) is 5.02 Å². The van der Waals surface area contributed by atoms with Crippen LogP contribution in [-0.2, 0) is 11.0 Å². The van der Waals surface area contributed by atoms with E-state index in [2.05, 4.69) is 10.4 Å². The van der Waals surface area contributed by atoms with Gasteiger partial charge in [0.25, 0.3) is 5.56 Å². The zero-order chi connectivity index (χ0) is 20.5. The second-order valence-corrected chi connectivity index (χ2v) is 7.19. The molecule has 1 aromatic carbocycles. The van der Waals surface area contributed by atoms with Crippen molar-refractivity contribution >= 4 is 34.5 Å². The van der Waals surface area contributed by atoms with E-state index >= 15 is 0 Å². The molecule has 146 valence electrons. The summed E-state index contributed by atoms with van der Waals surface area (Å²) in [6, 6.07) is 7.99. The maximum atomic E-state index is 12.9. The third kappa shape index (κ3) is 4.26. The smallest absolute Gasteiger partial charge is 0.323 e. The SMILES string of the molecule is CC(C(=O)Nc1cc(C(F)(F)F)ccc1Cl)n1nc(-c2cccs2)ccc1=O. The normalized spacial score (nSPS) is 12.6. The first kappa shape index (κ1) is 20.1. The van der Waals surface area contributed by atoms with Crippen molar-refractivity contribution in [1.82, 2.24) is 9.78 Å². The Kier molecular flexibility index (Phi) is 5.57. The van der Waals surface area contributed by atoms with Crippen LogP contribution in [0.25, 0.3) is 10.6 Å². The molecule has 3 aromatic rings. The molecule has 1 atom stereocenters. The number of aromatic nitrogens is 2. The van der Waals surface area contributed by atoms with Crippen LogP contribution in [0.5, 0.6) is 0 Å². The van der Waals surface area contributed by atoms with E-state index in [0.717, 1.165) is 27.8 Å². The molecule has 1 amide bonds. The summed E-state index contributed by atoms with van der Waals surface area (Å²) in [5.74, 6) is -0.723. The van der Waals surface area contributed by atoms with Crippen molar-refractivity contribution in [3.63, 3.8) is 0 Å². The number of hydrogen-bond acceptors (Lipinski definition) is 4. The molecule has 1 N–H and O–H groups in total. The minimum atomic E-state index is -4.58. The molecule has 0 saturated heterocycles. The van der Waals surface area contributed by atoms with Gasteiger partial charge < -0.3 is 5.32 Å². The fourth-order valence-electron chi connectivity index (χ4n) is 2.40. The second-order valence-electron chi connectivity index (χ2n) is 5.84. The first-order chi connectivity index (χ1) is 13.2. The predicted octanol–water partition coefficient (Wildman–Crippen LogP) is 4.84. The molecular formula is C18H13ClF3N3O2S. The molecule has 2 heterocycles. The van der Waals surface area contributed by atoms with Gasteiger partial charge >= 0.3 is 6.18 Å². The Morgan fingerprint density at radius 1 is 1.25 bits per heavy atom. The van der Waals surface area contributed by atoms with E-state index in [0.29, 0.717) is 5.69 Å². The topological polar surface area (TPSA) is 64.0 Å². The fourth-order valence-corrected chi connectivity index (χ4v) is 3.26. The Hall–Kier alpha value is -2.65. The molecule has 5 nitrogen and oxygen atoms in total. The average molecular weight is 428 g/mol. The third-order valence-corrected chi connectivity index (χ3v) is 5.12. The van der Waals surface area contributed by atoms with Crippen LogP contribution in [-0.4, -0.2) is 15.7 Å². The minimum Gasteiger partial charge on any atom is -0.323 e. The molecule has 28 heavy (non-hydrogen) atoms. The van der Waals surface area contributed by atoms with E-state index in [9.17, 15) is 22.8 Å². The summed E-state index contributed by atoms with van der Waals surface area (Å²) < 4.78 is 39.6. The van der Waals surface area contributed by atoms with Gasteiger partial charge in [-0.3, -0.25) is 9.59 Å². The number of amides is 1. The van der Waals surface area contributed by atoms with Crippen molar-refractivity contribution in [2.75, 3.05) is 5.32 Å². The van der Waals surface area contributed by atoms with Crippen molar-refractivity contribution < 1.29 is 18.0 Å². The number of nitrogens with one attached hydrogen (secondary N) is 1. The molecule has 0 fully saturated rings. The molecule has 0 aliphatic heterocycles. The quantitative estimate of drug-likeness (QED) is 0.647. The highest BCUT2D eigenvalue weighted by atomic mass is 35.5. The van der Waals surface area contributed by atoms with Gasteiger partial charge in [0.15, 0.2) is 0 Å². The predicted molar refractivity (Wildman–Crippen MR) is 102 cm³/mol. The summed E-state index contributed by atoms with van der Waals surface area (Å²) in [5.41, 5.74) is -1.16. The Labute approximate surface area is 166 Å². The average Bonchev–Trinajstić information content (AvgIpc) is 3.17. The van der Waals surface area contributed by atoms with Gasteiger partial charge in [0.05, 0.1) is 21.2 Å². The van der Waals surface area contributed by atoms with Gasteiger partial charge in [0.1, 0.15) is 11.7 Å². The van der Waals surface area contributed by atoms with Gasteiger partial charge in [-0.2, -0.15) is 18.3 Å². The summed E-state index contributed by atoms with van der Waals surface area (Å²) in [4.78, 5) is 25.5. The minimum absolute atomic E-state index is 0.0545. The summed E-state index contributed by atoms with van der Waals surface area (Å²) in [5, 5.41) is 8.32. The monoisotopic (exact) mass is 427 g/mol. The van der Waals surface area contributed by atoms with E-state index < -0.39 is 29.2 Å². The van der Waals surface area contributed by atoms with E-state index in [1.807, 2.05) is 17.5 Å². The van der Waals surface area contributed by atoms with E-state index in [1.54, 1.807) is 6.07 Å². The van der Waals surface area contributed by atoms with E-state index in [-0.39, 0.29) is 10.7 Å². The summed E-state index contributed by atoms with van der Waals surface area (Å²) in [6.45, 7) is 1.42. The van der Waals surface area contributed by atoms with Crippen LogP contribution in [0, 0.1) is 0 Å². The van der Waals surface area contributed by atoms with Crippen LogP contribution in [0.1, 0.15) is 18.5 Å². The number of carbonyl (C=O) groups excluding carboxylic acids is 1. The van der Waals surface area contributed by atoms with Crippen LogP contribution < -0.4 is 10.9 Å². The van der Waals surface area contributed by atoms with Crippen molar-refractivity contribution in [3.8, 4) is 10.6 Å². The van der Waals surface area contributed by atoms with Crippen LogP contribution in [0.4, 0.5) is 18.9 Å². The van der Waals surface area contributed by atoms with Gasteiger partial charge in [-0.1, -0.05) is 17.7 Å². The molecule has 0 aliphatic carbocycles. The molecule has 10 heteroatoms. The maximum Gasteiger partial charge on any atom is 0.416 e. The van der Waals surface area contributed by atoms with Crippen molar-refractivity contribution in [2.45, 2.75) is 19.1 Å². The van der Waals surface area contributed by atoms with Crippen LogP contribution in [0.15, 0.2) is 52.6 Å². The number of halogens is 4. The zero-order valence-electron chi connectivity index (χ0n) is 14.3. The zero-order valence-corrected chi connectivity index (χ0v) is 15.9. The summed E-state index contributed by atoms with van der Waals surface area (Å²) in [7, 11) is 0. The lowest BCUT2D eigenvalue weighted by molar-refractivity contribution is -0.137. The van der Waals surface area contributed by atoms with Gasteiger partial charge in [0.2, 0.25) is 5.91 Å². The largest absolute Gasteiger partial charge is 0.416 e. The number of anilines is 1. The number of benzene rings is 1. The molecule has 0 saturated carbocycles. The summed E-state index contributed by atoms with van der Waals surface area (Å²) >= 11 is 7.32. The number of nitrogens with zero attached hydrogens (tertiary/aromatic N) is 2. The molecule has 0 radical (unpaired) electrons. The lowest BCUT2D eigenvalue weighted by atomic mass is 10.2. The van der Waals surface area contributed by atoms with E-state index in [1.165, 1.54) is 24.3 Å². The first-order valence-electron chi connectivity index (χ1n) is 7.98. The molecule has 1 unspecified atom stereocenters. The Morgan fingerprint density at radius 3 is 2.64 bits per heavy atom. The number of rotatable bonds is 4. The number of thiophene rings is 1. The second kappa shape index (κ2) is 7.76. The van der Waals surface area contributed by atoms with Crippen LogP contribution >= 0.6 is 22.9 Å². The molecule has 0 bridgehead atoms. The molecule has 0 aliphatic rings. The number of carbonyl (C=O) groups is 1. The van der Waals surface area contributed by atoms with E-state index in [4.69, 9.17) is 11.6 Å². The van der Waals surface area contributed by atoms with Crippen molar-refractivity contribution in [3.05, 3.63) is 68.8 Å². The lowest BCUT2D eigenvalue weighted by Gasteiger charge is -2.16. The Morgan fingerprint density at radius 2 is 2.00 bits per heavy atom. The van der Waals surface area contributed by atoms with Crippen molar-refractivity contribution in [2.24, 2.45) is 0 Å². The lowest BCUT2D eigenvalue weighted by Crippen LogP contribution is -2.33. The highest BCUT2D eigenvalue weighted by Crippen LogP contribution is 2.34. The molecule has 0 spiro atoms. The highest BCUT2D eigenvalue weighted by molar-refractivity contribution is 7.13. The standard InChI is InChI=1S/C18H13ClF3N3O2S/c1-10(25-16(26)7-6-13(24-25)15-3-2-8-28-15)17(27)23-14-9-11(18(20,21)22)4-5-12(14)19/h2-10H,1H3,(H,23,27). The molecule has 3 rings (SSSR count). The number of hydrogen-bond donors (Lipinski definition) is 1. The van der Waals surface area contributed by atoms with Crippen LogP contribution in [0.3, 0.4) is 0 Å². The fraction of sp³-hybridized carbons (Fsp3) is 0.167. The number of alkyl halides is 3. The van der Waals surface area contributed by atoms with Gasteiger partial charge in [0, 0.05) is 6.07 Å². The maximum absolute atomic E-state index is 12.9.